The highest BCUT2D eigenvalue weighted by Gasteiger charge is 2.16. The van der Waals surface area contributed by atoms with E-state index in [0.717, 1.165) is 5.56 Å². The minimum atomic E-state index is -0.635. The fourth-order valence-electron chi connectivity index (χ4n) is 1.30. The molecule has 1 aromatic heterocycles. The Labute approximate surface area is 104 Å². The SMILES string of the molecule is CCNC(=O)C(=O)NCC(OC)c1ccsc1. The molecule has 1 heterocycles. The molecule has 0 spiro atoms. The molecule has 0 saturated heterocycles. The molecule has 94 valence electrons. The van der Waals surface area contributed by atoms with Crippen LogP contribution in [-0.2, 0) is 14.3 Å². The average molecular weight is 256 g/mol. The third-order valence-corrected chi connectivity index (χ3v) is 2.89. The van der Waals surface area contributed by atoms with E-state index in [1.54, 1.807) is 25.4 Å². The van der Waals surface area contributed by atoms with Gasteiger partial charge in [-0.1, -0.05) is 0 Å². The topological polar surface area (TPSA) is 67.4 Å². The molecule has 0 aliphatic carbocycles. The van der Waals surface area contributed by atoms with Crippen LogP contribution in [0.2, 0.25) is 0 Å². The second kappa shape index (κ2) is 7.03. The minimum Gasteiger partial charge on any atom is -0.375 e. The predicted octanol–water partition coefficient (Wildman–Crippen LogP) is 0.688. The molecular weight excluding hydrogens is 240 g/mol. The number of carbonyl (C=O) groups excluding carboxylic acids is 2. The average Bonchev–Trinajstić information content (AvgIpc) is 2.83. The summed E-state index contributed by atoms with van der Waals surface area (Å²) in [6.45, 7) is 2.47. The van der Waals surface area contributed by atoms with Crippen LogP contribution in [0.3, 0.4) is 0 Å². The van der Waals surface area contributed by atoms with E-state index >= 15 is 0 Å². The van der Waals surface area contributed by atoms with Crippen molar-refractivity contribution in [2.45, 2.75) is 13.0 Å². The van der Waals surface area contributed by atoms with Crippen LogP contribution in [-0.4, -0.2) is 32.0 Å². The minimum absolute atomic E-state index is 0.223. The maximum absolute atomic E-state index is 11.3. The Kier molecular flexibility index (Phi) is 5.65. The summed E-state index contributed by atoms with van der Waals surface area (Å²) in [5, 5.41) is 8.86. The van der Waals surface area contributed by atoms with Crippen molar-refractivity contribution in [3.8, 4) is 0 Å². The van der Waals surface area contributed by atoms with E-state index in [-0.39, 0.29) is 12.6 Å². The molecule has 2 amide bonds. The summed E-state index contributed by atoms with van der Waals surface area (Å²) < 4.78 is 5.25. The molecule has 1 unspecified atom stereocenters. The van der Waals surface area contributed by atoms with Crippen molar-refractivity contribution in [3.05, 3.63) is 22.4 Å². The zero-order valence-corrected chi connectivity index (χ0v) is 10.7. The van der Waals surface area contributed by atoms with Crippen LogP contribution < -0.4 is 10.6 Å². The predicted molar refractivity (Wildman–Crippen MR) is 65.8 cm³/mol. The van der Waals surface area contributed by atoms with E-state index in [1.807, 2.05) is 16.8 Å². The van der Waals surface area contributed by atoms with Crippen LogP contribution in [0.5, 0.6) is 0 Å². The Morgan fingerprint density at radius 1 is 1.41 bits per heavy atom. The first-order valence-electron chi connectivity index (χ1n) is 5.30. The molecule has 0 bridgehead atoms. The maximum atomic E-state index is 11.3. The zero-order chi connectivity index (χ0) is 12.7. The van der Waals surface area contributed by atoms with Gasteiger partial charge in [0.05, 0.1) is 0 Å². The number of nitrogens with one attached hydrogen (secondary N) is 2. The van der Waals surface area contributed by atoms with Gasteiger partial charge < -0.3 is 15.4 Å². The Morgan fingerprint density at radius 3 is 2.65 bits per heavy atom. The zero-order valence-electron chi connectivity index (χ0n) is 9.86. The standard InChI is InChI=1S/C11H16N2O3S/c1-3-12-10(14)11(15)13-6-9(16-2)8-4-5-17-7-8/h4-5,7,9H,3,6H2,1-2H3,(H,12,14)(H,13,15). The monoisotopic (exact) mass is 256 g/mol. The van der Waals surface area contributed by atoms with Gasteiger partial charge in [-0.05, 0) is 29.3 Å². The summed E-state index contributed by atoms with van der Waals surface area (Å²) in [5.74, 6) is -1.25. The van der Waals surface area contributed by atoms with Crippen LogP contribution in [0.15, 0.2) is 16.8 Å². The lowest BCUT2D eigenvalue weighted by Crippen LogP contribution is -2.41. The smallest absolute Gasteiger partial charge is 0.309 e. The Bertz CT molecular complexity index is 365. The largest absolute Gasteiger partial charge is 0.375 e. The van der Waals surface area contributed by atoms with Gasteiger partial charge in [0.15, 0.2) is 0 Å². The highest BCUT2D eigenvalue weighted by Crippen LogP contribution is 2.18. The number of thiophene rings is 1. The van der Waals surface area contributed by atoms with E-state index in [1.165, 1.54) is 0 Å². The second-order valence-electron chi connectivity index (χ2n) is 3.35. The number of likely N-dealkylation sites (N-methyl/N-ethyl adjacent to an activating group) is 1. The Morgan fingerprint density at radius 2 is 2.12 bits per heavy atom. The van der Waals surface area contributed by atoms with Gasteiger partial charge in [0.25, 0.3) is 0 Å². The second-order valence-corrected chi connectivity index (χ2v) is 4.13. The fourth-order valence-corrected chi connectivity index (χ4v) is 2.00. The number of ether oxygens (including phenoxy) is 1. The molecule has 5 nitrogen and oxygen atoms in total. The summed E-state index contributed by atoms with van der Waals surface area (Å²) in [6, 6.07) is 1.93. The fraction of sp³-hybridized carbons (Fsp3) is 0.455. The molecule has 0 aliphatic rings. The van der Waals surface area contributed by atoms with Crippen molar-refractivity contribution in [3.63, 3.8) is 0 Å². The number of methoxy groups -OCH3 is 1. The third-order valence-electron chi connectivity index (χ3n) is 2.19. The van der Waals surface area contributed by atoms with E-state index in [9.17, 15) is 9.59 Å². The first-order valence-corrected chi connectivity index (χ1v) is 6.24. The van der Waals surface area contributed by atoms with Gasteiger partial charge >= 0.3 is 11.8 Å². The number of amides is 2. The van der Waals surface area contributed by atoms with E-state index in [4.69, 9.17) is 4.74 Å². The molecule has 0 aromatic carbocycles. The summed E-state index contributed by atoms with van der Waals surface area (Å²) in [5.41, 5.74) is 0.994. The number of rotatable bonds is 5. The third kappa shape index (κ3) is 4.16. The highest BCUT2D eigenvalue weighted by molar-refractivity contribution is 7.07. The molecule has 6 heteroatoms. The normalized spacial score (nSPS) is 11.9. The van der Waals surface area contributed by atoms with Gasteiger partial charge in [0, 0.05) is 20.2 Å². The Balaban J connectivity index is 2.43. The van der Waals surface area contributed by atoms with Gasteiger partial charge in [0.1, 0.15) is 6.10 Å². The van der Waals surface area contributed by atoms with E-state index < -0.39 is 11.8 Å². The van der Waals surface area contributed by atoms with Gasteiger partial charge in [-0.3, -0.25) is 9.59 Å². The van der Waals surface area contributed by atoms with Crippen molar-refractivity contribution >= 4 is 23.2 Å². The summed E-state index contributed by atoms with van der Waals surface area (Å²) >= 11 is 1.56. The van der Waals surface area contributed by atoms with Crippen molar-refractivity contribution in [2.24, 2.45) is 0 Å². The van der Waals surface area contributed by atoms with E-state index in [0.29, 0.717) is 6.54 Å². The van der Waals surface area contributed by atoms with Crippen LogP contribution in [0.1, 0.15) is 18.6 Å². The quantitative estimate of drug-likeness (QED) is 0.762. The first-order chi connectivity index (χ1) is 8.19. The summed E-state index contributed by atoms with van der Waals surface area (Å²) in [6.07, 6.45) is -0.223. The molecule has 2 N–H and O–H groups in total. The number of hydrogen-bond donors (Lipinski definition) is 2. The lowest BCUT2D eigenvalue weighted by molar-refractivity contribution is -0.139. The highest BCUT2D eigenvalue weighted by atomic mass is 32.1. The molecule has 0 fully saturated rings. The first kappa shape index (κ1) is 13.7. The molecule has 1 rings (SSSR count). The van der Waals surface area contributed by atoms with Crippen molar-refractivity contribution in [2.75, 3.05) is 20.2 Å². The van der Waals surface area contributed by atoms with Crippen molar-refractivity contribution in [1.29, 1.82) is 0 Å². The lowest BCUT2D eigenvalue weighted by Gasteiger charge is -2.14. The van der Waals surface area contributed by atoms with Crippen LogP contribution in [0, 0.1) is 0 Å². The Hall–Kier alpha value is -1.40. The number of hydrogen-bond acceptors (Lipinski definition) is 4. The molecular formula is C11H16N2O3S. The van der Waals surface area contributed by atoms with Gasteiger partial charge in [-0.2, -0.15) is 11.3 Å². The van der Waals surface area contributed by atoms with Crippen molar-refractivity contribution < 1.29 is 14.3 Å². The van der Waals surface area contributed by atoms with Gasteiger partial charge in [-0.15, -0.1) is 0 Å². The molecule has 17 heavy (non-hydrogen) atoms. The van der Waals surface area contributed by atoms with E-state index in [2.05, 4.69) is 10.6 Å². The molecule has 0 aliphatic heterocycles. The maximum Gasteiger partial charge on any atom is 0.309 e. The van der Waals surface area contributed by atoms with Crippen LogP contribution in [0.4, 0.5) is 0 Å². The lowest BCUT2D eigenvalue weighted by atomic mass is 10.2. The molecule has 1 atom stereocenters. The van der Waals surface area contributed by atoms with Crippen molar-refractivity contribution in [1.82, 2.24) is 10.6 Å². The summed E-state index contributed by atoms with van der Waals surface area (Å²) in [4.78, 5) is 22.5. The molecule has 1 aromatic rings. The van der Waals surface area contributed by atoms with Crippen LogP contribution >= 0.6 is 11.3 Å². The van der Waals surface area contributed by atoms with Gasteiger partial charge in [-0.25, -0.2) is 0 Å². The molecule has 0 radical (unpaired) electrons. The summed E-state index contributed by atoms with van der Waals surface area (Å²) in [7, 11) is 1.57. The van der Waals surface area contributed by atoms with Crippen LogP contribution in [0.25, 0.3) is 0 Å². The number of carbonyl (C=O) groups is 2. The van der Waals surface area contributed by atoms with Gasteiger partial charge in [0.2, 0.25) is 0 Å². The molecule has 0 saturated carbocycles.